The molecule has 2 rings (SSSR count). The molecule has 5 N–H and O–H groups in total. The van der Waals surface area contributed by atoms with Crippen LogP contribution in [-0.2, 0) is 0 Å². The van der Waals surface area contributed by atoms with Crippen molar-refractivity contribution in [3.05, 3.63) is 28.9 Å². The van der Waals surface area contributed by atoms with Crippen LogP contribution in [0.15, 0.2) is 18.3 Å². The third-order valence-electron chi connectivity index (χ3n) is 3.47. The molecular weight excluding hydrogens is 368 g/mol. The van der Waals surface area contributed by atoms with Crippen molar-refractivity contribution in [2.45, 2.75) is 26.7 Å². The number of pyridine rings is 1. The molecular formula is C17H22N6O3S. The van der Waals surface area contributed by atoms with E-state index in [1.54, 1.807) is 12.1 Å². The highest BCUT2D eigenvalue weighted by atomic mass is 32.1. The van der Waals surface area contributed by atoms with Crippen LogP contribution in [0.2, 0.25) is 0 Å². The van der Waals surface area contributed by atoms with Crippen LogP contribution in [0.25, 0.3) is 10.6 Å². The largest absolute Gasteiger partial charge is 0.365 e. The Morgan fingerprint density at radius 3 is 2.56 bits per heavy atom. The molecule has 0 fully saturated rings. The maximum Gasteiger partial charge on any atom is 0.320 e. The van der Waals surface area contributed by atoms with Gasteiger partial charge in [-0.3, -0.25) is 14.9 Å². The highest BCUT2D eigenvalue weighted by molar-refractivity contribution is 7.17. The quantitative estimate of drug-likeness (QED) is 0.510. The Morgan fingerprint density at radius 1 is 1.19 bits per heavy atom. The molecule has 0 saturated carbocycles. The molecule has 0 aliphatic rings. The van der Waals surface area contributed by atoms with E-state index >= 15 is 0 Å². The summed E-state index contributed by atoms with van der Waals surface area (Å²) >= 11 is 1.03. The van der Waals surface area contributed by atoms with Crippen molar-refractivity contribution in [2.24, 2.45) is 5.73 Å². The van der Waals surface area contributed by atoms with E-state index in [-0.39, 0.29) is 16.6 Å². The number of thiazole rings is 1. The summed E-state index contributed by atoms with van der Waals surface area (Å²) in [5, 5.41) is 8.36. The average molecular weight is 390 g/mol. The van der Waals surface area contributed by atoms with E-state index in [9.17, 15) is 14.4 Å². The summed E-state index contributed by atoms with van der Waals surface area (Å²) in [7, 11) is 0. The van der Waals surface area contributed by atoms with E-state index in [4.69, 9.17) is 5.73 Å². The maximum absolute atomic E-state index is 12.3. The normalized spacial score (nSPS) is 10.3. The van der Waals surface area contributed by atoms with Gasteiger partial charge in [-0.2, -0.15) is 0 Å². The minimum Gasteiger partial charge on any atom is -0.365 e. The lowest BCUT2D eigenvalue weighted by Gasteiger charge is -2.05. The van der Waals surface area contributed by atoms with E-state index in [2.05, 4.69) is 25.9 Å². The standard InChI is InChI=1S/C17H22N6O3S/c1-3-5-8-20-15(25)12-13(14(18)24)27-16(23-12)10-6-7-11(21-9-10)22-17(26)19-4-2/h6-7,9H,3-5,8H2,1-2H3,(H2,18,24)(H,20,25)(H2,19,21,22,26). The zero-order valence-corrected chi connectivity index (χ0v) is 16.0. The number of hydrogen-bond donors (Lipinski definition) is 4. The van der Waals surface area contributed by atoms with Crippen LogP contribution in [-0.4, -0.2) is 40.9 Å². The van der Waals surface area contributed by atoms with E-state index in [0.717, 1.165) is 24.2 Å². The average Bonchev–Trinajstić information content (AvgIpc) is 3.08. The Hall–Kier alpha value is -3.01. The lowest BCUT2D eigenvalue weighted by molar-refractivity contribution is 0.0933. The minimum absolute atomic E-state index is 0.0168. The van der Waals surface area contributed by atoms with Crippen LogP contribution < -0.4 is 21.7 Å². The zero-order valence-electron chi connectivity index (χ0n) is 15.2. The molecule has 27 heavy (non-hydrogen) atoms. The van der Waals surface area contributed by atoms with Crippen molar-refractivity contribution in [3.8, 4) is 10.6 Å². The van der Waals surface area contributed by atoms with Gasteiger partial charge in [0.2, 0.25) is 0 Å². The third-order valence-corrected chi connectivity index (χ3v) is 4.59. The van der Waals surface area contributed by atoms with Gasteiger partial charge in [-0.05, 0) is 25.5 Å². The fourth-order valence-corrected chi connectivity index (χ4v) is 3.05. The fraction of sp³-hybridized carbons (Fsp3) is 0.353. The summed E-state index contributed by atoms with van der Waals surface area (Å²) in [5.74, 6) is -0.766. The van der Waals surface area contributed by atoms with Gasteiger partial charge in [0.25, 0.3) is 11.8 Å². The number of aromatic nitrogens is 2. The molecule has 2 aromatic rings. The Kier molecular flexibility index (Phi) is 7.24. The highest BCUT2D eigenvalue weighted by Gasteiger charge is 2.22. The molecule has 0 aromatic carbocycles. The van der Waals surface area contributed by atoms with Crippen molar-refractivity contribution < 1.29 is 14.4 Å². The van der Waals surface area contributed by atoms with Gasteiger partial charge in [0, 0.05) is 24.8 Å². The predicted molar refractivity (Wildman–Crippen MR) is 104 cm³/mol. The Balaban J connectivity index is 2.20. The summed E-state index contributed by atoms with van der Waals surface area (Å²) in [6, 6.07) is 2.95. The molecule has 0 radical (unpaired) electrons. The molecule has 4 amide bonds. The molecule has 0 spiro atoms. The van der Waals surface area contributed by atoms with Gasteiger partial charge in [0.1, 0.15) is 15.7 Å². The van der Waals surface area contributed by atoms with Crippen molar-refractivity contribution >= 4 is 35.0 Å². The number of amides is 4. The van der Waals surface area contributed by atoms with Crippen LogP contribution in [0, 0.1) is 0 Å². The van der Waals surface area contributed by atoms with Crippen molar-refractivity contribution in [3.63, 3.8) is 0 Å². The molecule has 0 bridgehead atoms. The molecule has 2 heterocycles. The van der Waals surface area contributed by atoms with Gasteiger partial charge in [0.15, 0.2) is 5.69 Å². The highest BCUT2D eigenvalue weighted by Crippen LogP contribution is 2.28. The Labute approximate surface area is 160 Å². The first-order valence-corrected chi connectivity index (χ1v) is 9.38. The van der Waals surface area contributed by atoms with Crippen molar-refractivity contribution in [2.75, 3.05) is 18.4 Å². The topological polar surface area (TPSA) is 139 Å². The first-order valence-electron chi connectivity index (χ1n) is 8.56. The van der Waals surface area contributed by atoms with Crippen LogP contribution in [0.1, 0.15) is 46.8 Å². The summed E-state index contributed by atoms with van der Waals surface area (Å²) in [5.41, 5.74) is 6.01. The molecule has 0 aliphatic heterocycles. The number of urea groups is 1. The summed E-state index contributed by atoms with van der Waals surface area (Å²) in [4.78, 5) is 44.0. The van der Waals surface area contributed by atoms with Gasteiger partial charge in [0.05, 0.1) is 0 Å². The summed E-state index contributed by atoms with van der Waals surface area (Å²) in [6.45, 7) is 4.83. The van der Waals surface area contributed by atoms with Crippen LogP contribution >= 0.6 is 11.3 Å². The SMILES string of the molecule is CCCCNC(=O)c1nc(-c2ccc(NC(=O)NCC)nc2)sc1C(N)=O. The maximum atomic E-state index is 12.3. The number of unbranched alkanes of at least 4 members (excludes halogenated alkanes) is 1. The second-order valence-electron chi connectivity index (χ2n) is 5.59. The second-order valence-corrected chi connectivity index (χ2v) is 6.59. The zero-order chi connectivity index (χ0) is 19.8. The van der Waals surface area contributed by atoms with Crippen LogP contribution in [0.4, 0.5) is 10.6 Å². The third kappa shape index (κ3) is 5.48. The molecule has 144 valence electrons. The number of nitrogens with one attached hydrogen (secondary N) is 3. The molecule has 0 atom stereocenters. The minimum atomic E-state index is -0.707. The van der Waals surface area contributed by atoms with Gasteiger partial charge in [-0.25, -0.2) is 14.8 Å². The summed E-state index contributed by atoms with van der Waals surface area (Å²) < 4.78 is 0. The molecule has 9 nitrogen and oxygen atoms in total. The van der Waals surface area contributed by atoms with E-state index in [0.29, 0.717) is 29.5 Å². The number of hydrogen-bond acceptors (Lipinski definition) is 6. The smallest absolute Gasteiger partial charge is 0.320 e. The number of anilines is 1. The molecule has 10 heteroatoms. The first kappa shape index (κ1) is 20.3. The summed E-state index contributed by atoms with van der Waals surface area (Å²) in [6.07, 6.45) is 3.27. The number of nitrogens with zero attached hydrogens (tertiary/aromatic N) is 2. The van der Waals surface area contributed by atoms with Gasteiger partial charge in [-0.15, -0.1) is 11.3 Å². The molecule has 0 saturated heterocycles. The monoisotopic (exact) mass is 390 g/mol. The van der Waals surface area contributed by atoms with E-state index in [1.807, 2.05) is 13.8 Å². The Morgan fingerprint density at radius 2 is 1.96 bits per heavy atom. The predicted octanol–water partition coefficient (Wildman–Crippen LogP) is 1.98. The number of carbonyl (C=O) groups is 3. The van der Waals surface area contributed by atoms with Crippen LogP contribution in [0.3, 0.4) is 0 Å². The molecule has 0 aliphatic carbocycles. The molecule has 0 unspecified atom stereocenters. The number of primary amides is 1. The van der Waals surface area contributed by atoms with E-state index in [1.165, 1.54) is 6.20 Å². The van der Waals surface area contributed by atoms with Gasteiger partial charge in [-0.1, -0.05) is 13.3 Å². The molecule has 2 aromatic heterocycles. The number of rotatable bonds is 8. The number of nitrogens with two attached hydrogens (primary N) is 1. The fourth-order valence-electron chi connectivity index (χ4n) is 2.14. The number of carbonyl (C=O) groups excluding carboxylic acids is 3. The van der Waals surface area contributed by atoms with Gasteiger partial charge < -0.3 is 16.4 Å². The lowest BCUT2D eigenvalue weighted by atomic mass is 10.2. The Bertz CT molecular complexity index is 819. The van der Waals surface area contributed by atoms with Crippen molar-refractivity contribution in [1.82, 2.24) is 20.6 Å². The second kappa shape index (κ2) is 9.62. The van der Waals surface area contributed by atoms with Gasteiger partial charge >= 0.3 is 6.03 Å². The first-order chi connectivity index (χ1) is 13.0. The lowest BCUT2D eigenvalue weighted by Crippen LogP contribution is -2.28. The van der Waals surface area contributed by atoms with Crippen LogP contribution in [0.5, 0.6) is 0 Å². The van der Waals surface area contributed by atoms with E-state index < -0.39 is 11.8 Å². The van der Waals surface area contributed by atoms with Crippen molar-refractivity contribution in [1.29, 1.82) is 0 Å².